The maximum atomic E-state index is 12.3. The van der Waals surface area contributed by atoms with Crippen LogP contribution in [0.15, 0.2) is 48.5 Å². The maximum absolute atomic E-state index is 12.3. The number of halogens is 1. The Kier molecular flexibility index (Phi) is 6.60. The fourth-order valence-corrected chi connectivity index (χ4v) is 3.28. The number of hydrogen-bond donors (Lipinski definition) is 3. The zero-order chi connectivity index (χ0) is 19.9. The first kappa shape index (κ1) is 19.8. The molecule has 1 heterocycles. The van der Waals surface area contributed by atoms with Gasteiger partial charge in [-0.15, -0.1) is 0 Å². The first-order valence-electron chi connectivity index (χ1n) is 9.14. The summed E-state index contributed by atoms with van der Waals surface area (Å²) in [6.07, 6.45) is 0. The molecule has 7 nitrogen and oxygen atoms in total. The van der Waals surface area contributed by atoms with Crippen molar-refractivity contribution in [2.75, 3.05) is 44.2 Å². The first-order chi connectivity index (χ1) is 13.5. The number of rotatable bonds is 5. The average molecular weight is 403 g/mol. The predicted octanol–water partition coefficient (Wildman–Crippen LogP) is 2.31. The van der Waals surface area contributed by atoms with Crippen LogP contribution in [0.2, 0.25) is 5.02 Å². The molecule has 0 unspecified atom stereocenters. The van der Waals surface area contributed by atoms with Crippen LogP contribution in [0.3, 0.4) is 0 Å². The molecular weight excluding hydrogens is 380 g/mol. The van der Waals surface area contributed by atoms with Crippen LogP contribution in [-0.4, -0.2) is 61.2 Å². The van der Waals surface area contributed by atoms with Crippen molar-refractivity contribution in [2.45, 2.75) is 0 Å². The Labute approximate surface area is 168 Å². The van der Waals surface area contributed by atoms with E-state index in [1.54, 1.807) is 47.4 Å². The number of piperazine rings is 1. The molecule has 1 saturated heterocycles. The van der Waals surface area contributed by atoms with Crippen LogP contribution in [0, 0.1) is 0 Å². The molecule has 8 heteroatoms. The molecule has 1 aliphatic rings. The summed E-state index contributed by atoms with van der Waals surface area (Å²) in [6.45, 7) is 3.22. The third-order valence-corrected chi connectivity index (χ3v) is 4.90. The molecule has 0 aromatic heterocycles. The maximum Gasteiger partial charge on any atom is 0.317 e. The van der Waals surface area contributed by atoms with Gasteiger partial charge in [-0.25, -0.2) is 4.79 Å². The van der Waals surface area contributed by atoms with Crippen LogP contribution in [0.25, 0.3) is 0 Å². The summed E-state index contributed by atoms with van der Waals surface area (Å²) in [5.41, 5.74) is 1.36. The fraction of sp³-hybridized carbons (Fsp3) is 0.300. The Morgan fingerprint density at radius 1 is 0.964 bits per heavy atom. The molecule has 3 rings (SSSR count). The van der Waals surface area contributed by atoms with Crippen LogP contribution in [-0.2, 0) is 0 Å². The summed E-state index contributed by atoms with van der Waals surface area (Å²) in [7, 11) is 0. The van der Waals surface area contributed by atoms with Crippen LogP contribution < -0.4 is 15.5 Å². The minimum absolute atomic E-state index is 0.150. The topological polar surface area (TPSA) is 84.9 Å². The molecule has 28 heavy (non-hydrogen) atoms. The first-order valence-corrected chi connectivity index (χ1v) is 9.52. The number of phenols is 1. The summed E-state index contributed by atoms with van der Waals surface area (Å²) >= 11 is 5.99. The van der Waals surface area contributed by atoms with E-state index in [1.165, 1.54) is 0 Å². The largest absolute Gasteiger partial charge is 0.508 e. The molecule has 0 bridgehead atoms. The summed E-state index contributed by atoms with van der Waals surface area (Å²) in [4.78, 5) is 28.2. The summed E-state index contributed by atoms with van der Waals surface area (Å²) in [5.74, 6) is -0.0314. The fourth-order valence-electron chi connectivity index (χ4n) is 3.06. The van der Waals surface area contributed by atoms with Gasteiger partial charge < -0.3 is 25.5 Å². The molecule has 0 saturated carbocycles. The Morgan fingerprint density at radius 2 is 1.68 bits per heavy atom. The number of carbonyl (C=O) groups is 2. The van der Waals surface area contributed by atoms with Gasteiger partial charge in [-0.1, -0.05) is 29.8 Å². The molecule has 2 aromatic carbocycles. The van der Waals surface area contributed by atoms with Crippen LogP contribution in [0.5, 0.6) is 5.75 Å². The van der Waals surface area contributed by atoms with Crippen molar-refractivity contribution in [3.05, 3.63) is 59.1 Å². The number of aromatic hydroxyl groups is 1. The number of anilines is 1. The molecular formula is C20H23ClN4O3. The van der Waals surface area contributed by atoms with Gasteiger partial charge in [0, 0.05) is 51.0 Å². The lowest BCUT2D eigenvalue weighted by atomic mass is 10.2. The van der Waals surface area contributed by atoms with Gasteiger partial charge in [-0.05, 0) is 24.3 Å². The third-order valence-electron chi connectivity index (χ3n) is 4.57. The van der Waals surface area contributed by atoms with Gasteiger partial charge in [0.1, 0.15) is 5.75 Å². The smallest absolute Gasteiger partial charge is 0.317 e. The number of phenolic OH excluding ortho intramolecular Hbond substituents is 1. The van der Waals surface area contributed by atoms with Crippen molar-refractivity contribution in [1.82, 2.24) is 15.5 Å². The van der Waals surface area contributed by atoms with Gasteiger partial charge in [0.25, 0.3) is 5.91 Å². The number of benzene rings is 2. The van der Waals surface area contributed by atoms with E-state index in [1.807, 2.05) is 6.07 Å². The summed E-state index contributed by atoms with van der Waals surface area (Å²) in [6, 6.07) is 13.8. The van der Waals surface area contributed by atoms with Crippen molar-refractivity contribution >= 4 is 29.2 Å². The van der Waals surface area contributed by atoms with E-state index in [0.29, 0.717) is 49.9 Å². The molecule has 0 radical (unpaired) electrons. The average Bonchev–Trinajstić information content (AvgIpc) is 2.71. The lowest BCUT2D eigenvalue weighted by Crippen LogP contribution is -2.52. The predicted molar refractivity (Wildman–Crippen MR) is 109 cm³/mol. The van der Waals surface area contributed by atoms with Crippen molar-refractivity contribution in [3.63, 3.8) is 0 Å². The highest BCUT2D eigenvalue weighted by Crippen LogP contribution is 2.21. The van der Waals surface area contributed by atoms with Gasteiger partial charge in [0.05, 0.1) is 10.6 Å². The monoisotopic (exact) mass is 402 g/mol. The molecule has 2 aromatic rings. The van der Waals surface area contributed by atoms with Crippen molar-refractivity contribution < 1.29 is 14.7 Å². The van der Waals surface area contributed by atoms with E-state index in [-0.39, 0.29) is 17.7 Å². The highest BCUT2D eigenvalue weighted by molar-refractivity contribution is 6.33. The Hall–Kier alpha value is -2.93. The van der Waals surface area contributed by atoms with Gasteiger partial charge in [-0.3, -0.25) is 4.79 Å². The highest BCUT2D eigenvalue weighted by atomic mass is 35.5. The second kappa shape index (κ2) is 9.32. The number of nitrogens with one attached hydrogen (secondary N) is 2. The number of nitrogens with zero attached hydrogens (tertiary/aromatic N) is 2. The van der Waals surface area contributed by atoms with Gasteiger partial charge in [0.15, 0.2) is 0 Å². The van der Waals surface area contributed by atoms with E-state index in [4.69, 9.17) is 11.6 Å². The van der Waals surface area contributed by atoms with E-state index >= 15 is 0 Å². The standard InChI is InChI=1S/C20H23ClN4O3/c21-18-7-2-1-6-17(18)19(27)22-8-9-23-20(28)25-12-10-24(11-13-25)15-4-3-5-16(26)14-15/h1-7,14,26H,8-13H2,(H,22,27)(H,23,28). The van der Waals surface area contributed by atoms with E-state index < -0.39 is 0 Å². The Morgan fingerprint density at radius 3 is 2.39 bits per heavy atom. The zero-order valence-corrected chi connectivity index (χ0v) is 16.2. The Bertz CT molecular complexity index is 838. The highest BCUT2D eigenvalue weighted by Gasteiger charge is 2.21. The van der Waals surface area contributed by atoms with Gasteiger partial charge in [0.2, 0.25) is 0 Å². The quantitative estimate of drug-likeness (QED) is 0.670. The van der Waals surface area contributed by atoms with Crippen molar-refractivity contribution in [3.8, 4) is 5.75 Å². The second-order valence-electron chi connectivity index (χ2n) is 6.46. The molecule has 3 amide bonds. The Balaban J connectivity index is 1.38. The molecule has 148 valence electrons. The minimum Gasteiger partial charge on any atom is -0.508 e. The number of amides is 3. The molecule has 0 atom stereocenters. The molecule has 1 aliphatic heterocycles. The van der Waals surface area contributed by atoms with E-state index in [0.717, 1.165) is 5.69 Å². The normalized spacial score (nSPS) is 13.9. The van der Waals surface area contributed by atoms with Gasteiger partial charge >= 0.3 is 6.03 Å². The third kappa shape index (κ3) is 5.07. The van der Waals surface area contributed by atoms with Gasteiger partial charge in [-0.2, -0.15) is 0 Å². The second-order valence-corrected chi connectivity index (χ2v) is 6.87. The van der Waals surface area contributed by atoms with E-state index in [2.05, 4.69) is 15.5 Å². The summed E-state index contributed by atoms with van der Waals surface area (Å²) < 4.78 is 0. The number of hydrogen-bond acceptors (Lipinski definition) is 4. The molecule has 3 N–H and O–H groups in total. The van der Waals surface area contributed by atoms with Crippen molar-refractivity contribution in [2.24, 2.45) is 0 Å². The summed E-state index contributed by atoms with van der Waals surface area (Å²) in [5, 5.41) is 15.6. The molecule has 0 aliphatic carbocycles. The number of carbonyl (C=O) groups excluding carboxylic acids is 2. The van der Waals surface area contributed by atoms with E-state index in [9.17, 15) is 14.7 Å². The lowest BCUT2D eigenvalue weighted by molar-refractivity contribution is 0.0953. The minimum atomic E-state index is -0.264. The van der Waals surface area contributed by atoms with Crippen LogP contribution >= 0.6 is 11.6 Å². The zero-order valence-electron chi connectivity index (χ0n) is 15.4. The molecule has 1 fully saturated rings. The van der Waals surface area contributed by atoms with Crippen LogP contribution in [0.4, 0.5) is 10.5 Å². The SMILES string of the molecule is O=C(NCCNC(=O)N1CCN(c2cccc(O)c2)CC1)c1ccccc1Cl. The van der Waals surface area contributed by atoms with Crippen molar-refractivity contribution in [1.29, 1.82) is 0 Å². The number of urea groups is 1. The van der Waals surface area contributed by atoms with Crippen LogP contribution in [0.1, 0.15) is 10.4 Å². The molecule has 0 spiro atoms. The lowest BCUT2D eigenvalue weighted by Gasteiger charge is -2.36.